The molecule has 0 spiro atoms. The van der Waals surface area contributed by atoms with Gasteiger partial charge in [0.15, 0.2) is 6.19 Å². The second-order valence-corrected chi connectivity index (χ2v) is 2.69. The summed E-state index contributed by atoms with van der Waals surface area (Å²) >= 11 is 0. The summed E-state index contributed by atoms with van der Waals surface area (Å²) in [7, 11) is 1.53. The van der Waals surface area contributed by atoms with Crippen LogP contribution in [-0.4, -0.2) is 11.9 Å². The average molecular weight is 182 g/mol. The molecule has 0 aliphatic carbocycles. The zero-order chi connectivity index (χ0) is 9.84. The van der Waals surface area contributed by atoms with Gasteiger partial charge in [-0.1, -0.05) is 6.07 Å². The Hall–Kier alpha value is -1.63. The highest BCUT2D eigenvalue weighted by molar-refractivity contribution is 5.18. The normalized spacial score (nSPS) is 9.38. The molecule has 0 unspecified atom stereocenters. The predicted molar refractivity (Wildman–Crippen MR) is 43.4 cm³/mol. The maximum atomic E-state index is 13.0. The zero-order valence-electron chi connectivity index (χ0n) is 7.09. The molecule has 0 aliphatic rings. The number of nitriles is 1. The smallest absolute Gasteiger partial charge is 0.179 e. The fourth-order valence-electron chi connectivity index (χ4n) is 0.941. The van der Waals surface area contributed by atoms with Crippen LogP contribution in [-0.2, 0) is 6.54 Å². The van der Waals surface area contributed by atoms with Gasteiger partial charge in [0.2, 0.25) is 0 Å². The third-order valence-electron chi connectivity index (χ3n) is 1.59. The van der Waals surface area contributed by atoms with E-state index in [1.807, 2.05) is 6.19 Å². The summed E-state index contributed by atoms with van der Waals surface area (Å²) in [4.78, 5) is 1.26. The first kappa shape index (κ1) is 9.46. The second kappa shape index (κ2) is 3.85. The van der Waals surface area contributed by atoms with Crippen LogP contribution in [0.25, 0.3) is 0 Å². The lowest BCUT2D eigenvalue weighted by molar-refractivity contribution is 0.451. The number of benzene rings is 1. The van der Waals surface area contributed by atoms with Gasteiger partial charge < -0.3 is 4.90 Å². The van der Waals surface area contributed by atoms with Gasteiger partial charge in [0, 0.05) is 18.7 Å². The quantitative estimate of drug-likeness (QED) is 0.515. The van der Waals surface area contributed by atoms with Crippen molar-refractivity contribution in [3.05, 3.63) is 35.4 Å². The third-order valence-corrected chi connectivity index (χ3v) is 1.59. The van der Waals surface area contributed by atoms with Gasteiger partial charge in [-0.25, -0.2) is 8.78 Å². The summed E-state index contributed by atoms with van der Waals surface area (Å²) in [6.07, 6.45) is 1.83. The minimum Gasteiger partial charge on any atom is -0.309 e. The van der Waals surface area contributed by atoms with E-state index in [-0.39, 0.29) is 6.54 Å². The molecule has 0 N–H and O–H groups in total. The van der Waals surface area contributed by atoms with E-state index in [2.05, 4.69) is 0 Å². The standard InChI is InChI=1S/C9H8F2N2/c1-13(6-12)5-7-2-3-8(10)4-9(7)11/h2-4H,5H2,1H3. The summed E-state index contributed by atoms with van der Waals surface area (Å²) in [5, 5.41) is 8.42. The summed E-state index contributed by atoms with van der Waals surface area (Å²) in [5.74, 6) is -1.23. The van der Waals surface area contributed by atoms with Crippen molar-refractivity contribution in [1.29, 1.82) is 5.26 Å². The van der Waals surface area contributed by atoms with E-state index >= 15 is 0 Å². The Bertz CT molecular complexity index is 344. The summed E-state index contributed by atoms with van der Waals surface area (Å²) in [6.45, 7) is 0.155. The molecule has 1 rings (SSSR count). The number of hydrogen-bond donors (Lipinski definition) is 0. The number of halogens is 2. The molecular formula is C9H8F2N2. The third kappa shape index (κ3) is 2.41. The van der Waals surface area contributed by atoms with E-state index < -0.39 is 11.6 Å². The summed E-state index contributed by atoms with van der Waals surface area (Å²) in [6, 6.07) is 3.31. The van der Waals surface area contributed by atoms with Crippen LogP contribution in [0.2, 0.25) is 0 Å². The Morgan fingerprint density at radius 2 is 2.15 bits per heavy atom. The van der Waals surface area contributed by atoms with Crippen LogP contribution in [0.5, 0.6) is 0 Å². The van der Waals surface area contributed by atoms with Crippen LogP contribution >= 0.6 is 0 Å². The number of rotatable bonds is 2. The van der Waals surface area contributed by atoms with Crippen LogP contribution in [0.1, 0.15) is 5.56 Å². The van der Waals surface area contributed by atoms with E-state index in [0.717, 1.165) is 6.07 Å². The van der Waals surface area contributed by atoms with E-state index in [1.54, 1.807) is 0 Å². The molecule has 0 radical (unpaired) electrons. The first-order valence-corrected chi connectivity index (χ1v) is 3.68. The maximum absolute atomic E-state index is 13.0. The van der Waals surface area contributed by atoms with Crippen LogP contribution < -0.4 is 0 Å². The fourth-order valence-corrected chi connectivity index (χ4v) is 0.941. The molecule has 0 saturated heterocycles. The second-order valence-electron chi connectivity index (χ2n) is 2.69. The lowest BCUT2D eigenvalue weighted by atomic mass is 10.2. The zero-order valence-corrected chi connectivity index (χ0v) is 7.09. The van der Waals surface area contributed by atoms with Crippen molar-refractivity contribution in [2.75, 3.05) is 7.05 Å². The Morgan fingerprint density at radius 1 is 1.46 bits per heavy atom. The minimum atomic E-state index is -0.623. The largest absolute Gasteiger partial charge is 0.309 e. The molecule has 0 saturated carbocycles. The molecule has 1 aromatic rings. The van der Waals surface area contributed by atoms with Gasteiger partial charge in [-0.05, 0) is 6.07 Å². The van der Waals surface area contributed by atoms with Crippen molar-refractivity contribution >= 4 is 0 Å². The van der Waals surface area contributed by atoms with Gasteiger partial charge in [-0.15, -0.1) is 0 Å². The Balaban J connectivity index is 2.85. The SMILES string of the molecule is CN(C#N)Cc1ccc(F)cc1F. The summed E-state index contributed by atoms with van der Waals surface area (Å²) in [5.41, 5.74) is 0.311. The van der Waals surface area contributed by atoms with Gasteiger partial charge in [0.05, 0.1) is 6.54 Å². The molecule has 0 bridgehead atoms. The van der Waals surface area contributed by atoms with Crippen LogP contribution in [0.15, 0.2) is 18.2 Å². The molecule has 0 heterocycles. The molecule has 0 atom stereocenters. The predicted octanol–water partition coefficient (Wildman–Crippen LogP) is 1.88. The molecule has 13 heavy (non-hydrogen) atoms. The van der Waals surface area contributed by atoms with Crippen LogP contribution in [0, 0.1) is 23.1 Å². The van der Waals surface area contributed by atoms with Crippen molar-refractivity contribution < 1.29 is 8.78 Å². The molecule has 0 fully saturated rings. The van der Waals surface area contributed by atoms with E-state index in [9.17, 15) is 8.78 Å². The van der Waals surface area contributed by atoms with Gasteiger partial charge >= 0.3 is 0 Å². The van der Waals surface area contributed by atoms with Crippen molar-refractivity contribution in [3.63, 3.8) is 0 Å². The minimum absolute atomic E-state index is 0.155. The molecule has 4 heteroatoms. The monoisotopic (exact) mass is 182 g/mol. The van der Waals surface area contributed by atoms with Gasteiger partial charge in [0.1, 0.15) is 11.6 Å². The van der Waals surface area contributed by atoms with Gasteiger partial charge in [-0.3, -0.25) is 0 Å². The topological polar surface area (TPSA) is 27.0 Å². The molecule has 2 nitrogen and oxygen atoms in total. The molecule has 0 amide bonds. The Kier molecular flexibility index (Phi) is 2.80. The molecule has 1 aromatic carbocycles. The highest BCUT2D eigenvalue weighted by Gasteiger charge is 2.05. The van der Waals surface area contributed by atoms with Crippen molar-refractivity contribution in [2.45, 2.75) is 6.54 Å². The average Bonchev–Trinajstić information content (AvgIpc) is 2.09. The number of nitrogens with zero attached hydrogens (tertiary/aromatic N) is 2. The van der Waals surface area contributed by atoms with Crippen molar-refractivity contribution in [1.82, 2.24) is 4.90 Å². The van der Waals surface area contributed by atoms with Gasteiger partial charge in [-0.2, -0.15) is 5.26 Å². The van der Waals surface area contributed by atoms with Crippen molar-refractivity contribution in [3.8, 4) is 6.19 Å². The Morgan fingerprint density at radius 3 is 2.69 bits per heavy atom. The fraction of sp³-hybridized carbons (Fsp3) is 0.222. The highest BCUT2D eigenvalue weighted by atomic mass is 19.1. The first-order chi connectivity index (χ1) is 6.13. The van der Waals surface area contributed by atoms with Crippen molar-refractivity contribution in [2.24, 2.45) is 0 Å². The van der Waals surface area contributed by atoms with E-state index in [0.29, 0.717) is 5.56 Å². The highest BCUT2D eigenvalue weighted by Crippen LogP contribution is 2.10. The molecular weight excluding hydrogens is 174 g/mol. The van der Waals surface area contributed by atoms with Crippen LogP contribution in [0.4, 0.5) is 8.78 Å². The molecule has 0 aromatic heterocycles. The van der Waals surface area contributed by atoms with Gasteiger partial charge in [0.25, 0.3) is 0 Å². The lowest BCUT2D eigenvalue weighted by Gasteiger charge is -2.08. The maximum Gasteiger partial charge on any atom is 0.179 e. The molecule has 68 valence electrons. The Labute approximate surface area is 75.0 Å². The first-order valence-electron chi connectivity index (χ1n) is 3.68. The van der Waals surface area contributed by atoms with E-state index in [1.165, 1.54) is 24.1 Å². The molecule has 0 aliphatic heterocycles. The lowest BCUT2D eigenvalue weighted by Crippen LogP contribution is -2.11. The number of hydrogen-bond acceptors (Lipinski definition) is 2. The van der Waals surface area contributed by atoms with E-state index in [4.69, 9.17) is 5.26 Å². The summed E-state index contributed by atoms with van der Waals surface area (Å²) < 4.78 is 25.4. The van der Waals surface area contributed by atoms with Crippen LogP contribution in [0.3, 0.4) is 0 Å².